The molecule has 0 bridgehead atoms. The third-order valence-corrected chi connectivity index (χ3v) is 5.70. The van der Waals surface area contributed by atoms with Gasteiger partial charge in [-0.25, -0.2) is 4.39 Å². The van der Waals surface area contributed by atoms with Gasteiger partial charge in [0.2, 0.25) is 5.78 Å². The van der Waals surface area contributed by atoms with Crippen LogP contribution in [0.1, 0.15) is 28.6 Å². The summed E-state index contributed by atoms with van der Waals surface area (Å²) in [4.78, 5) is 27.7. The fraction of sp³-hybridized carbons (Fsp3) is 0.250. The number of furan rings is 1. The quantitative estimate of drug-likeness (QED) is 0.371. The number of nitrogens with zero attached hydrogens (tertiary/aromatic N) is 1. The second-order valence-electron chi connectivity index (χ2n) is 7.50. The summed E-state index contributed by atoms with van der Waals surface area (Å²) in [6.07, 6.45) is 0.433. The molecule has 1 aliphatic heterocycles. The van der Waals surface area contributed by atoms with Crippen molar-refractivity contribution in [2.45, 2.75) is 12.5 Å². The highest BCUT2D eigenvalue weighted by Crippen LogP contribution is 2.41. The van der Waals surface area contributed by atoms with Crippen molar-refractivity contribution in [3.8, 4) is 5.75 Å². The Balaban J connectivity index is 1.81. The molecule has 0 spiro atoms. The molecule has 1 atom stereocenters. The number of amides is 1. The van der Waals surface area contributed by atoms with Gasteiger partial charge in [-0.3, -0.25) is 9.59 Å². The van der Waals surface area contributed by atoms with Gasteiger partial charge in [0.05, 0.1) is 18.7 Å². The zero-order valence-corrected chi connectivity index (χ0v) is 18.7. The predicted octanol–water partition coefficient (Wildman–Crippen LogP) is 4.85. The molecule has 172 valence electrons. The van der Waals surface area contributed by atoms with Crippen LogP contribution in [0.4, 0.5) is 4.39 Å². The summed E-state index contributed by atoms with van der Waals surface area (Å²) in [7, 11) is 2.96. The number of aliphatic hydroxyl groups is 1. The zero-order chi connectivity index (χ0) is 23.7. The Labute approximate surface area is 193 Å². The third kappa shape index (κ3) is 4.07. The van der Waals surface area contributed by atoms with Crippen LogP contribution in [-0.4, -0.2) is 49.1 Å². The van der Waals surface area contributed by atoms with Crippen molar-refractivity contribution in [3.05, 3.63) is 76.0 Å². The topological polar surface area (TPSA) is 89.2 Å². The molecule has 1 amide bonds. The number of halogens is 2. The lowest BCUT2D eigenvalue weighted by molar-refractivity contribution is -0.129. The van der Waals surface area contributed by atoms with Gasteiger partial charge in [-0.2, -0.15) is 0 Å². The van der Waals surface area contributed by atoms with Gasteiger partial charge >= 0.3 is 0 Å². The Morgan fingerprint density at radius 1 is 1.24 bits per heavy atom. The molecule has 0 aliphatic carbocycles. The molecule has 9 heteroatoms. The Morgan fingerprint density at radius 3 is 2.70 bits per heavy atom. The SMILES string of the molecule is COCCCN1C(=O)C(O)=C(C(=O)c2cc3cc(Cl)cc(OC)c3o2)C1c1ccccc1F. The predicted molar refractivity (Wildman–Crippen MR) is 119 cm³/mol. The van der Waals surface area contributed by atoms with E-state index in [1.807, 2.05) is 0 Å². The molecule has 7 nitrogen and oxygen atoms in total. The number of ketones is 1. The summed E-state index contributed by atoms with van der Waals surface area (Å²) in [6.45, 7) is 0.498. The van der Waals surface area contributed by atoms with E-state index >= 15 is 0 Å². The maximum absolute atomic E-state index is 14.8. The van der Waals surface area contributed by atoms with Crippen molar-refractivity contribution < 1.29 is 33.0 Å². The summed E-state index contributed by atoms with van der Waals surface area (Å²) in [5.74, 6) is -2.66. The van der Waals surface area contributed by atoms with Crippen molar-refractivity contribution in [3.63, 3.8) is 0 Å². The molecule has 1 aliphatic rings. The smallest absolute Gasteiger partial charge is 0.290 e. The van der Waals surface area contributed by atoms with E-state index in [1.54, 1.807) is 12.1 Å². The molecule has 2 heterocycles. The van der Waals surface area contributed by atoms with Gasteiger partial charge in [-0.05, 0) is 24.6 Å². The van der Waals surface area contributed by atoms with Crippen LogP contribution in [0.2, 0.25) is 5.02 Å². The van der Waals surface area contributed by atoms with Crippen LogP contribution in [0.25, 0.3) is 11.0 Å². The molecular weight excluding hydrogens is 453 g/mol. The fourth-order valence-corrected chi connectivity index (χ4v) is 4.21. The molecule has 4 rings (SSSR count). The van der Waals surface area contributed by atoms with E-state index < -0.39 is 29.3 Å². The maximum Gasteiger partial charge on any atom is 0.290 e. The average molecular weight is 474 g/mol. The summed E-state index contributed by atoms with van der Waals surface area (Å²) in [5, 5.41) is 11.6. The molecule has 0 saturated heterocycles. The first-order valence-electron chi connectivity index (χ1n) is 10.2. The number of hydrogen-bond donors (Lipinski definition) is 1. The van der Waals surface area contributed by atoms with E-state index in [9.17, 15) is 19.1 Å². The van der Waals surface area contributed by atoms with Crippen LogP contribution in [-0.2, 0) is 9.53 Å². The Kier molecular flexibility index (Phi) is 6.40. The number of fused-ring (bicyclic) bond motifs is 1. The van der Waals surface area contributed by atoms with Crippen molar-refractivity contribution in [2.75, 3.05) is 27.4 Å². The van der Waals surface area contributed by atoms with Crippen LogP contribution in [0, 0.1) is 5.82 Å². The van der Waals surface area contributed by atoms with Gasteiger partial charge < -0.3 is 23.9 Å². The van der Waals surface area contributed by atoms with Gasteiger partial charge in [-0.15, -0.1) is 0 Å². The highest BCUT2D eigenvalue weighted by atomic mass is 35.5. The first-order valence-corrected chi connectivity index (χ1v) is 10.5. The Morgan fingerprint density at radius 2 is 2.00 bits per heavy atom. The van der Waals surface area contributed by atoms with E-state index in [2.05, 4.69) is 0 Å². The van der Waals surface area contributed by atoms with E-state index in [0.29, 0.717) is 29.2 Å². The number of benzene rings is 2. The van der Waals surface area contributed by atoms with Crippen LogP contribution in [0.15, 0.2) is 58.2 Å². The normalized spacial score (nSPS) is 16.2. The lowest BCUT2D eigenvalue weighted by Gasteiger charge is -2.26. The number of ether oxygens (including phenoxy) is 2. The highest BCUT2D eigenvalue weighted by Gasteiger charge is 2.45. The van der Waals surface area contributed by atoms with Crippen LogP contribution in [0.3, 0.4) is 0 Å². The third-order valence-electron chi connectivity index (χ3n) is 5.49. The molecule has 0 radical (unpaired) electrons. The first-order chi connectivity index (χ1) is 15.9. The van der Waals surface area contributed by atoms with Gasteiger partial charge in [0, 0.05) is 42.3 Å². The minimum atomic E-state index is -1.12. The lowest BCUT2D eigenvalue weighted by Crippen LogP contribution is -2.33. The van der Waals surface area contributed by atoms with E-state index in [-0.39, 0.29) is 29.0 Å². The number of carbonyl (C=O) groups is 2. The van der Waals surface area contributed by atoms with E-state index in [4.69, 9.17) is 25.5 Å². The van der Waals surface area contributed by atoms with Gasteiger partial charge in [0.25, 0.3) is 5.91 Å². The zero-order valence-electron chi connectivity index (χ0n) is 17.9. The summed E-state index contributed by atoms with van der Waals surface area (Å²) in [6, 6.07) is 9.27. The fourth-order valence-electron chi connectivity index (χ4n) is 4.00. The Hall–Kier alpha value is -3.36. The Bertz CT molecular complexity index is 1270. The number of rotatable bonds is 8. The molecule has 33 heavy (non-hydrogen) atoms. The van der Waals surface area contributed by atoms with Crippen molar-refractivity contribution >= 4 is 34.3 Å². The minimum Gasteiger partial charge on any atom is -0.503 e. The maximum atomic E-state index is 14.8. The van der Waals surface area contributed by atoms with Gasteiger partial charge in [-0.1, -0.05) is 29.8 Å². The van der Waals surface area contributed by atoms with Crippen LogP contribution < -0.4 is 4.74 Å². The number of aliphatic hydroxyl groups excluding tert-OH is 1. The number of methoxy groups -OCH3 is 2. The van der Waals surface area contributed by atoms with E-state index in [0.717, 1.165) is 0 Å². The molecule has 2 aromatic carbocycles. The van der Waals surface area contributed by atoms with E-state index in [1.165, 1.54) is 49.5 Å². The summed E-state index contributed by atoms with van der Waals surface area (Å²) >= 11 is 6.10. The molecule has 0 saturated carbocycles. The van der Waals surface area contributed by atoms with Crippen LogP contribution >= 0.6 is 11.6 Å². The minimum absolute atomic E-state index is 0.0902. The number of Topliss-reactive ketones (excluding diaryl/α,β-unsaturated/α-hetero) is 1. The monoisotopic (exact) mass is 473 g/mol. The molecule has 1 aromatic heterocycles. The molecule has 3 aromatic rings. The first kappa shape index (κ1) is 22.8. The second kappa shape index (κ2) is 9.25. The van der Waals surface area contributed by atoms with Crippen LogP contribution in [0.5, 0.6) is 5.75 Å². The second-order valence-corrected chi connectivity index (χ2v) is 7.93. The number of hydrogen-bond acceptors (Lipinski definition) is 6. The number of carbonyl (C=O) groups excluding carboxylic acids is 2. The van der Waals surface area contributed by atoms with Gasteiger partial charge in [0.1, 0.15) is 5.82 Å². The van der Waals surface area contributed by atoms with Gasteiger partial charge in [0.15, 0.2) is 22.9 Å². The largest absolute Gasteiger partial charge is 0.503 e. The summed E-state index contributed by atoms with van der Waals surface area (Å²) in [5.41, 5.74) is 0.119. The standard InChI is InChI=1S/C24H21ClFNO6/c1-31-9-5-8-27-20(15-6-3-4-7-16(15)26)19(22(29)24(27)30)21(28)17-11-13-10-14(25)12-18(32-2)23(13)33-17/h3-4,6-7,10-12,20,29H,5,8-9H2,1-2H3. The molecule has 0 fully saturated rings. The average Bonchev–Trinajstić information content (AvgIpc) is 3.33. The molecular formula is C24H21ClFNO6. The van der Waals surface area contributed by atoms with Crippen molar-refractivity contribution in [1.82, 2.24) is 4.90 Å². The molecule has 1 unspecified atom stereocenters. The molecule has 1 N–H and O–H groups in total. The summed E-state index contributed by atoms with van der Waals surface area (Å²) < 4.78 is 30.8. The lowest BCUT2D eigenvalue weighted by atomic mass is 9.94. The highest BCUT2D eigenvalue weighted by molar-refractivity contribution is 6.31. The van der Waals surface area contributed by atoms with Crippen molar-refractivity contribution in [2.24, 2.45) is 0 Å². The van der Waals surface area contributed by atoms with Crippen molar-refractivity contribution in [1.29, 1.82) is 0 Å².